The largest absolute Gasteiger partial charge is 0.487 e. The van der Waals surface area contributed by atoms with Crippen molar-refractivity contribution in [1.29, 1.82) is 0 Å². The molecule has 2 aromatic rings. The van der Waals surface area contributed by atoms with Crippen molar-refractivity contribution in [2.24, 2.45) is 0 Å². The van der Waals surface area contributed by atoms with Gasteiger partial charge in [-0.15, -0.1) is 0 Å². The van der Waals surface area contributed by atoms with Crippen LogP contribution in [0.4, 0.5) is 0 Å². The number of hydrogen-bond donors (Lipinski definition) is 1. The van der Waals surface area contributed by atoms with Crippen LogP contribution in [0.5, 0.6) is 5.75 Å². The van der Waals surface area contributed by atoms with Crippen molar-refractivity contribution in [2.45, 2.75) is 38.3 Å². The fourth-order valence-corrected chi connectivity index (χ4v) is 2.65. The van der Waals surface area contributed by atoms with Crippen molar-refractivity contribution in [3.05, 3.63) is 42.0 Å². The van der Waals surface area contributed by atoms with E-state index in [-0.39, 0.29) is 5.60 Å². The van der Waals surface area contributed by atoms with E-state index in [1.807, 2.05) is 18.2 Å². The van der Waals surface area contributed by atoms with Crippen LogP contribution < -0.4 is 10.1 Å². The number of aromatic nitrogens is 2. The number of fused-ring (bicyclic) bond motifs is 1. The molecule has 0 spiro atoms. The van der Waals surface area contributed by atoms with Crippen molar-refractivity contribution >= 4 is 0 Å². The highest BCUT2D eigenvalue weighted by Crippen LogP contribution is 2.38. The lowest BCUT2D eigenvalue weighted by atomic mass is 9.89. The summed E-state index contributed by atoms with van der Waals surface area (Å²) in [6, 6.07) is 8.51. The molecule has 1 aromatic carbocycles. The zero-order chi connectivity index (χ0) is 14.0. The van der Waals surface area contributed by atoms with Crippen LogP contribution >= 0.6 is 0 Å². The molecule has 0 amide bonds. The Morgan fingerprint density at radius 2 is 2.20 bits per heavy atom. The van der Waals surface area contributed by atoms with E-state index in [0.717, 1.165) is 31.0 Å². The maximum absolute atomic E-state index is 6.02. The molecular formula is C15H19N3O2. The molecule has 20 heavy (non-hydrogen) atoms. The first-order valence-corrected chi connectivity index (χ1v) is 6.91. The Kier molecular flexibility index (Phi) is 3.44. The molecule has 0 bridgehead atoms. The minimum absolute atomic E-state index is 0.155. The number of nitrogens with zero attached hydrogens (tertiary/aromatic N) is 2. The van der Waals surface area contributed by atoms with E-state index in [0.29, 0.717) is 6.04 Å². The summed E-state index contributed by atoms with van der Waals surface area (Å²) >= 11 is 0. The number of benzene rings is 1. The maximum atomic E-state index is 6.02. The fraction of sp³-hybridized carbons (Fsp3) is 0.467. The van der Waals surface area contributed by atoms with Gasteiger partial charge in [0.05, 0.1) is 0 Å². The monoisotopic (exact) mass is 273 g/mol. The fourth-order valence-electron chi connectivity index (χ4n) is 2.65. The molecule has 1 atom stereocenters. The van der Waals surface area contributed by atoms with Crippen molar-refractivity contribution in [1.82, 2.24) is 15.5 Å². The predicted octanol–water partition coefficient (Wildman–Crippen LogP) is 2.50. The molecule has 1 aromatic heterocycles. The third-order valence-corrected chi connectivity index (χ3v) is 3.52. The predicted molar refractivity (Wildman–Crippen MR) is 74.5 cm³/mol. The second-order valence-electron chi connectivity index (χ2n) is 5.71. The van der Waals surface area contributed by atoms with Crippen LogP contribution in [0.1, 0.15) is 37.7 Å². The third-order valence-electron chi connectivity index (χ3n) is 3.52. The van der Waals surface area contributed by atoms with Crippen molar-refractivity contribution in [3.8, 4) is 5.75 Å². The summed E-state index contributed by atoms with van der Waals surface area (Å²) < 4.78 is 10.8. The van der Waals surface area contributed by atoms with Crippen LogP contribution in [0.2, 0.25) is 0 Å². The van der Waals surface area contributed by atoms with E-state index < -0.39 is 0 Å². The minimum atomic E-state index is -0.155. The first-order valence-electron chi connectivity index (χ1n) is 6.91. The molecule has 3 rings (SSSR count). The molecule has 1 aliphatic heterocycles. The molecule has 0 radical (unpaired) electrons. The quantitative estimate of drug-likeness (QED) is 0.927. The summed E-state index contributed by atoms with van der Waals surface area (Å²) in [5.41, 5.74) is 1.07. The van der Waals surface area contributed by atoms with Crippen LogP contribution in [0.15, 0.2) is 35.2 Å². The molecule has 0 aliphatic carbocycles. The van der Waals surface area contributed by atoms with E-state index in [1.165, 1.54) is 12.0 Å². The van der Waals surface area contributed by atoms with Crippen molar-refractivity contribution < 1.29 is 9.26 Å². The first-order chi connectivity index (χ1) is 9.64. The van der Waals surface area contributed by atoms with Crippen LogP contribution in [0.3, 0.4) is 0 Å². The lowest BCUT2D eigenvalue weighted by Crippen LogP contribution is -2.40. The Labute approximate surface area is 118 Å². The Balaban J connectivity index is 1.69. The van der Waals surface area contributed by atoms with Gasteiger partial charge in [-0.25, -0.2) is 0 Å². The van der Waals surface area contributed by atoms with Crippen LogP contribution in [0.25, 0.3) is 0 Å². The first kappa shape index (κ1) is 13.1. The average Bonchev–Trinajstić information content (AvgIpc) is 2.90. The normalized spacial score (nSPS) is 20.2. The summed E-state index contributed by atoms with van der Waals surface area (Å²) in [4.78, 5) is 4.03. The summed E-state index contributed by atoms with van der Waals surface area (Å²) in [5, 5.41) is 7.39. The van der Waals surface area contributed by atoms with Gasteiger partial charge >= 0.3 is 0 Å². The molecule has 5 heteroatoms. The highest BCUT2D eigenvalue weighted by molar-refractivity contribution is 5.38. The van der Waals surface area contributed by atoms with E-state index in [1.54, 1.807) is 0 Å². The molecule has 1 unspecified atom stereocenters. The standard InChI is InChI=1S/C15H19N3O2/c1-15(2)9-12(11-5-3-4-6-13(11)20-15)16-8-7-14-17-10-19-18-14/h3-6,10,12,16H,7-9H2,1-2H3. The lowest BCUT2D eigenvalue weighted by Gasteiger charge is -2.38. The van der Waals surface area contributed by atoms with Gasteiger partial charge in [-0.05, 0) is 19.9 Å². The molecule has 5 nitrogen and oxygen atoms in total. The van der Waals surface area contributed by atoms with E-state index >= 15 is 0 Å². The van der Waals surface area contributed by atoms with E-state index in [9.17, 15) is 0 Å². The second-order valence-corrected chi connectivity index (χ2v) is 5.71. The van der Waals surface area contributed by atoms with Gasteiger partial charge in [0.1, 0.15) is 11.4 Å². The van der Waals surface area contributed by atoms with Gasteiger partial charge in [-0.1, -0.05) is 23.4 Å². The minimum Gasteiger partial charge on any atom is -0.487 e. The topological polar surface area (TPSA) is 60.2 Å². The average molecular weight is 273 g/mol. The third kappa shape index (κ3) is 2.82. The Hall–Kier alpha value is -1.88. The summed E-state index contributed by atoms with van der Waals surface area (Å²) in [6.45, 7) is 5.06. The van der Waals surface area contributed by atoms with Gasteiger partial charge in [-0.3, -0.25) is 0 Å². The van der Waals surface area contributed by atoms with Crippen LogP contribution in [0, 0.1) is 0 Å². The molecule has 0 saturated carbocycles. The van der Waals surface area contributed by atoms with Gasteiger partial charge in [0.2, 0.25) is 6.39 Å². The molecular weight excluding hydrogens is 254 g/mol. The Morgan fingerprint density at radius 3 is 3.00 bits per heavy atom. The van der Waals surface area contributed by atoms with Gasteiger partial charge in [-0.2, -0.15) is 4.98 Å². The van der Waals surface area contributed by atoms with E-state index in [4.69, 9.17) is 9.26 Å². The van der Waals surface area contributed by atoms with Crippen molar-refractivity contribution in [3.63, 3.8) is 0 Å². The summed E-state index contributed by atoms with van der Waals surface area (Å²) in [7, 11) is 0. The smallest absolute Gasteiger partial charge is 0.213 e. The number of ether oxygens (including phenoxy) is 1. The molecule has 1 N–H and O–H groups in total. The number of nitrogens with one attached hydrogen (secondary N) is 1. The molecule has 0 saturated heterocycles. The van der Waals surface area contributed by atoms with Gasteiger partial charge in [0, 0.05) is 31.0 Å². The van der Waals surface area contributed by atoms with Crippen molar-refractivity contribution in [2.75, 3.05) is 6.54 Å². The van der Waals surface area contributed by atoms with Gasteiger partial charge in [0.25, 0.3) is 0 Å². The summed E-state index contributed by atoms with van der Waals surface area (Å²) in [5.74, 6) is 1.71. The second kappa shape index (κ2) is 5.25. The van der Waals surface area contributed by atoms with Gasteiger partial charge in [0.15, 0.2) is 5.82 Å². The SMILES string of the molecule is CC1(C)CC(NCCc2ncon2)c2ccccc2O1. The number of hydrogen-bond acceptors (Lipinski definition) is 5. The zero-order valence-electron chi connectivity index (χ0n) is 11.8. The maximum Gasteiger partial charge on any atom is 0.213 e. The highest BCUT2D eigenvalue weighted by Gasteiger charge is 2.33. The number of rotatable bonds is 4. The Morgan fingerprint density at radius 1 is 1.35 bits per heavy atom. The molecule has 106 valence electrons. The zero-order valence-corrected chi connectivity index (χ0v) is 11.8. The van der Waals surface area contributed by atoms with Crippen LogP contribution in [-0.2, 0) is 6.42 Å². The Bertz CT molecular complexity index is 566. The molecule has 1 aliphatic rings. The van der Waals surface area contributed by atoms with E-state index in [2.05, 4.69) is 35.4 Å². The van der Waals surface area contributed by atoms with Gasteiger partial charge < -0.3 is 14.6 Å². The van der Waals surface area contributed by atoms with Crippen LogP contribution in [-0.4, -0.2) is 22.3 Å². The lowest BCUT2D eigenvalue weighted by molar-refractivity contribution is 0.0662. The summed E-state index contributed by atoms with van der Waals surface area (Å²) in [6.07, 6.45) is 3.06. The highest BCUT2D eigenvalue weighted by atomic mass is 16.5. The number of para-hydroxylation sites is 1. The molecule has 2 heterocycles. The molecule has 0 fully saturated rings.